The molecule has 10 heteroatoms. The van der Waals surface area contributed by atoms with Crippen molar-refractivity contribution < 1.29 is 29.6 Å². The first kappa shape index (κ1) is 25.8. The van der Waals surface area contributed by atoms with Crippen molar-refractivity contribution in [3.8, 4) is 0 Å². The molecule has 4 amide bonds. The molecular formula is C20H36N4O6. The zero-order valence-electron chi connectivity index (χ0n) is 18.1. The summed E-state index contributed by atoms with van der Waals surface area (Å²) in [4.78, 5) is 51.0. The van der Waals surface area contributed by atoms with E-state index in [1.807, 2.05) is 20.8 Å². The van der Waals surface area contributed by atoms with Crippen molar-refractivity contribution in [2.75, 3.05) is 6.54 Å². The van der Waals surface area contributed by atoms with Crippen molar-refractivity contribution in [1.29, 1.82) is 0 Å². The average Bonchev–Trinajstić information content (AvgIpc) is 3.20. The summed E-state index contributed by atoms with van der Waals surface area (Å²) in [7, 11) is 0. The van der Waals surface area contributed by atoms with Crippen molar-refractivity contribution in [2.45, 2.75) is 84.2 Å². The monoisotopic (exact) mass is 428 g/mol. The number of hydrogen-bond acceptors (Lipinski definition) is 6. The number of likely N-dealkylation sites (tertiary alicyclic amines) is 1. The molecule has 172 valence electrons. The molecule has 0 aromatic rings. The van der Waals surface area contributed by atoms with E-state index in [9.17, 15) is 19.2 Å². The fourth-order valence-electron chi connectivity index (χ4n) is 3.80. The Morgan fingerprint density at radius 1 is 1.10 bits per heavy atom. The third-order valence-corrected chi connectivity index (χ3v) is 5.35. The molecule has 0 aromatic heterocycles. The number of hydrogen-bond donors (Lipinski definition) is 5. The minimum Gasteiger partial charge on any atom is -0.344 e. The van der Waals surface area contributed by atoms with Crippen molar-refractivity contribution >= 4 is 23.6 Å². The third kappa shape index (κ3) is 7.91. The summed E-state index contributed by atoms with van der Waals surface area (Å²) in [5, 5.41) is 20.5. The molecule has 5 N–H and O–H groups in total. The predicted molar refractivity (Wildman–Crippen MR) is 108 cm³/mol. The van der Waals surface area contributed by atoms with Crippen LogP contribution in [0.3, 0.4) is 0 Å². The van der Waals surface area contributed by atoms with Crippen molar-refractivity contribution in [3.05, 3.63) is 0 Å². The smallest absolute Gasteiger partial charge is 0.266 e. The molecule has 1 aliphatic heterocycles. The van der Waals surface area contributed by atoms with Crippen LogP contribution in [0.1, 0.15) is 72.1 Å². The minimum absolute atomic E-state index is 0.103. The first-order valence-electron chi connectivity index (χ1n) is 10.7. The standard InChI is InChI=1S/C20H36N4O6/c1-4-5-6-8-14(12-17(25)22-29)18(26)21-15(11-13(2)3)20(28)24-10-7-9-16(24)19(27)23-30/h13-16,29-30H,4-12H2,1-3H3,(H,21,26)(H,22,25)(H,23,27). The summed E-state index contributed by atoms with van der Waals surface area (Å²) in [6.07, 6.45) is 4.36. The summed E-state index contributed by atoms with van der Waals surface area (Å²) in [6.45, 7) is 6.24. The Labute approximate surface area is 177 Å². The van der Waals surface area contributed by atoms with Gasteiger partial charge in [0, 0.05) is 18.9 Å². The second-order valence-electron chi connectivity index (χ2n) is 8.29. The molecule has 10 nitrogen and oxygen atoms in total. The first-order chi connectivity index (χ1) is 14.2. The molecule has 0 bridgehead atoms. The van der Waals surface area contributed by atoms with Gasteiger partial charge in [-0.15, -0.1) is 0 Å². The maximum Gasteiger partial charge on any atom is 0.266 e. The molecule has 3 unspecified atom stereocenters. The van der Waals surface area contributed by atoms with Crippen LogP contribution in [-0.2, 0) is 19.2 Å². The van der Waals surface area contributed by atoms with E-state index in [0.29, 0.717) is 32.2 Å². The van der Waals surface area contributed by atoms with Gasteiger partial charge in [-0.2, -0.15) is 0 Å². The average molecular weight is 429 g/mol. The van der Waals surface area contributed by atoms with E-state index in [0.717, 1.165) is 19.3 Å². The van der Waals surface area contributed by atoms with Gasteiger partial charge in [-0.3, -0.25) is 29.6 Å². The summed E-state index contributed by atoms with van der Waals surface area (Å²) in [6, 6.07) is -1.61. The van der Waals surface area contributed by atoms with E-state index in [2.05, 4.69) is 5.32 Å². The van der Waals surface area contributed by atoms with Crippen LogP contribution in [0.4, 0.5) is 0 Å². The number of carbonyl (C=O) groups excluding carboxylic acids is 4. The van der Waals surface area contributed by atoms with E-state index in [4.69, 9.17) is 10.4 Å². The fraction of sp³-hybridized carbons (Fsp3) is 0.800. The van der Waals surface area contributed by atoms with Gasteiger partial charge >= 0.3 is 0 Å². The molecule has 1 saturated heterocycles. The van der Waals surface area contributed by atoms with Crippen LogP contribution < -0.4 is 16.3 Å². The highest BCUT2D eigenvalue weighted by Gasteiger charge is 2.38. The van der Waals surface area contributed by atoms with E-state index in [1.165, 1.54) is 4.90 Å². The largest absolute Gasteiger partial charge is 0.344 e. The topological polar surface area (TPSA) is 148 Å². The Hall–Kier alpha value is -2.20. The van der Waals surface area contributed by atoms with Gasteiger partial charge in [0.25, 0.3) is 5.91 Å². The molecule has 1 heterocycles. The maximum atomic E-state index is 13.1. The molecule has 0 saturated carbocycles. The lowest BCUT2D eigenvalue weighted by Crippen LogP contribution is -2.54. The zero-order chi connectivity index (χ0) is 22.7. The first-order valence-corrected chi connectivity index (χ1v) is 10.7. The van der Waals surface area contributed by atoms with Crippen LogP contribution in [0, 0.1) is 11.8 Å². The molecule has 30 heavy (non-hydrogen) atoms. The maximum absolute atomic E-state index is 13.1. The van der Waals surface area contributed by atoms with Crippen molar-refractivity contribution in [1.82, 2.24) is 21.2 Å². The molecule has 1 aliphatic rings. The van der Waals surface area contributed by atoms with Crippen molar-refractivity contribution in [2.24, 2.45) is 11.8 Å². The van der Waals surface area contributed by atoms with Crippen LogP contribution in [0.25, 0.3) is 0 Å². The number of rotatable bonds is 12. The molecular weight excluding hydrogens is 392 g/mol. The van der Waals surface area contributed by atoms with E-state index in [1.54, 1.807) is 11.0 Å². The summed E-state index contributed by atoms with van der Waals surface area (Å²) < 4.78 is 0. The van der Waals surface area contributed by atoms with Gasteiger partial charge in [-0.05, 0) is 31.6 Å². The number of unbranched alkanes of at least 4 members (excludes halogenated alkanes) is 2. The highest BCUT2D eigenvalue weighted by Crippen LogP contribution is 2.21. The normalized spacial score (nSPS) is 18.1. The molecule has 0 aromatic carbocycles. The SMILES string of the molecule is CCCCCC(CC(=O)NO)C(=O)NC(CC(C)C)C(=O)N1CCCC1C(=O)NO. The van der Waals surface area contributed by atoms with Crippen molar-refractivity contribution in [3.63, 3.8) is 0 Å². The lowest BCUT2D eigenvalue weighted by Gasteiger charge is -2.30. The highest BCUT2D eigenvalue weighted by atomic mass is 16.5. The van der Waals surface area contributed by atoms with Crippen LogP contribution in [0.5, 0.6) is 0 Å². The lowest BCUT2D eigenvalue weighted by molar-refractivity contribution is -0.145. The minimum atomic E-state index is -0.838. The molecule has 3 atom stereocenters. The number of carbonyl (C=O) groups is 4. The number of amides is 4. The molecule has 0 aliphatic carbocycles. The molecule has 1 rings (SSSR count). The second kappa shape index (κ2) is 13.2. The molecule has 1 fully saturated rings. The van der Waals surface area contributed by atoms with Gasteiger partial charge < -0.3 is 10.2 Å². The van der Waals surface area contributed by atoms with E-state index in [-0.39, 0.29) is 18.2 Å². The van der Waals surface area contributed by atoms with Crippen LogP contribution >= 0.6 is 0 Å². The molecule has 0 radical (unpaired) electrons. The Balaban J connectivity index is 2.94. The van der Waals surface area contributed by atoms with Gasteiger partial charge in [0.2, 0.25) is 17.7 Å². The van der Waals surface area contributed by atoms with E-state index < -0.39 is 35.7 Å². The fourth-order valence-corrected chi connectivity index (χ4v) is 3.80. The number of hydroxylamine groups is 2. The van der Waals surface area contributed by atoms with Crippen LogP contribution in [0.15, 0.2) is 0 Å². The van der Waals surface area contributed by atoms with E-state index >= 15 is 0 Å². The third-order valence-electron chi connectivity index (χ3n) is 5.35. The lowest BCUT2D eigenvalue weighted by atomic mass is 9.95. The Morgan fingerprint density at radius 3 is 2.37 bits per heavy atom. The highest BCUT2D eigenvalue weighted by molar-refractivity contribution is 5.93. The van der Waals surface area contributed by atoms with Gasteiger partial charge in [-0.25, -0.2) is 11.0 Å². The summed E-state index contributed by atoms with van der Waals surface area (Å²) in [5.74, 6) is -2.66. The number of nitrogens with zero attached hydrogens (tertiary/aromatic N) is 1. The Morgan fingerprint density at radius 2 is 1.80 bits per heavy atom. The summed E-state index contributed by atoms with van der Waals surface area (Å²) in [5.41, 5.74) is 3.16. The van der Waals surface area contributed by atoms with Crippen LogP contribution in [0.2, 0.25) is 0 Å². The predicted octanol–water partition coefficient (Wildman–Crippen LogP) is 1.11. The number of nitrogens with one attached hydrogen (secondary N) is 3. The van der Waals surface area contributed by atoms with Gasteiger partial charge in [0.15, 0.2) is 0 Å². The van der Waals surface area contributed by atoms with Gasteiger partial charge in [0.1, 0.15) is 12.1 Å². The molecule has 0 spiro atoms. The Kier molecular flexibility index (Phi) is 11.3. The summed E-state index contributed by atoms with van der Waals surface area (Å²) >= 11 is 0. The van der Waals surface area contributed by atoms with Gasteiger partial charge in [-0.1, -0.05) is 40.0 Å². The van der Waals surface area contributed by atoms with Crippen LogP contribution in [-0.4, -0.2) is 57.6 Å². The zero-order valence-corrected chi connectivity index (χ0v) is 18.1. The second-order valence-corrected chi connectivity index (χ2v) is 8.29. The Bertz CT molecular complexity index is 598. The van der Waals surface area contributed by atoms with Gasteiger partial charge in [0.05, 0.1) is 0 Å². The quantitative estimate of drug-likeness (QED) is 0.179.